The zero-order valence-electron chi connectivity index (χ0n) is 16.9. The highest BCUT2D eigenvalue weighted by atomic mass is 32.1. The summed E-state index contributed by atoms with van der Waals surface area (Å²) >= 11 is 1.59. The fourth-order valence-electron chi connectivity index (χ4n) is 3.86. The molecule has 4 rings (SSSR count). The van der Waals surface area contributed by atoms with Crippen LogP contribution in [0, 0.1) is 0 Å². The molecule has 164 valence electrons. The molecule has 0 saturated heterocycles. The average Bonchev–Trinajstić information content (AvgIpc) is 2.93. The molecule has 2 aromatic heterocycles. The van der Waals surface area contributed by atoms with E-state index in [1.165, 1.54) is 34.3 Å². The summed E-state index contributed by atoms with van der Waals surface area (Å²) in [6.07, 6.45) is 7.24. The molecule has 0 fully saturated rings. The summed E-state index contributed by atoms with van der Waals surface area (Å²) in [6.45, 7) is -2.58. The van der Waals surface area contributed by atoms with E-state index in [-0.39, 0.29) is 23.8 Å². The number of ether oxygens (including phenoxy) is 1. The van der Waals surface area contributed by atoms with Crippen molar-refractivity contribution in [2.75, 3.05) is 6.54 Å². The lowest BCUT2D eigenvalue weighted by Gasteiger charge is -2.09. The Hall–Kier alpha value is -2.81. The summed E-state index contributed by atoms with van der Waals surface area (Å²) in [5.41, 5.74) is 1.83. The molecule has 0 saturated carbocycles. The van der Waals surface area contributed by atoms with E-state index in [0.717, 1.165) is 41.6 Å². The average molecular weight is 448 g/mol. The Balaban J connectivity index is 1.37. The first-order valence-electron chi connectivity index (χ1n) is 10.3. The van der Waals surface area contributed by atoms with Gasteiger partial charge in [0.15, 0.2) is 0 Å². The van der Waals surface area contributed by atoms with E-state index in [4.69, 9.17) is 0 Å². The van der Waals surface area contributed by atoms with Gasteiger partial charge in [-0.25, -0.2) is 4.98 Å². The van der Waals surface area contributed by atoms with Crippen molar-refractivity contribution in [1.82, 2.24) is 14.9 Å². The lowest BCUT2D eigenvalue weighted by Crippen LogP contribution is -2.33. The van der Waals surface area contributed by atoms with Gasteiger partial charge in [-0.15, -0.1) is 11.3 Å². The molecule has 6 nitrogen and oxygen atoms in total. The Kier molecular flexibility index (Phi) is 6.60. The first kappa shape index (κ1) is 21.4. The van der Waals surface area contributed by atoms with Gasteiger partial charge in [-0.3, -0.25) is 14.2 Å². The molecule has 0 spiro atoms. The number of thiophene rings is 1. The summed E-state index contributed by atoms with van der Waals surface area (Å²) in [6, 6.07) is 6.28. The van der Waals surface area contributed by atoms with Gasteiger partial charge in [0.05, 0.1) is 11.7 Å². The molecule has 1 amide bonds. The van der Waals surface area contributed by atoms with Crippen molar-refractivity contribution in [3.05, 3.63) is 57.0 Å². The second-order valence-electron chi connectivity index (χ2n) is 7.54. The number of rotatable bonds is 7. The molecule has 1 aliphatic rings. The van der Waals surface area contributed by atoms with Crippen molar-refractivity contribution in [2.45, 2.75) is 51.7 Å². The number of fused-ring (bicyclic) bond motifs is 3. The van der Waals surface area contributed by atoms with Crippen LogP contribution in [-0.2, 0) is 30.6 Å². The lowest BCUT2D eigenvalue weighted by atomic mass is 10.1. The molecule has 2 heterocycles. The number of amides is 1. The van der Waals surface area contributed by atoms with Crippen LogP contribution in [0.3, 0.4) is 0 Å². The second kappa shape index (κ2) is 9.55. The molecule has 1 N–H and O–H groups in total. The number of aromatic nitrogens is 2. The number of nitrogens with zero attached hydrogens (tertiary/aromatic N) is 2. The van der Waals surface area contributed by atoms with Crippen LogP contribution in [0.2, 0.25) is 0 Å². The van der Waals surface area contributed by atoms with Gasteiger partial charge in [-0.05, 0) is 55.4 Å². The minimum atomic E-state index is -2.86. The summed E-state index contributed by atoms with van der Waals surface area (Å²) in [4.78, 5) is 31.8. The number of carbonyl (C=O) groups excluding carboxylic acids is 1. The van der Waals surface area contributed by atoms with Gasteiger partial charge in [-0.2, -0.15) is 8.78 Å². The minimum absolute atomic E-state index is 0.0897. The summed E-state index contributed by atoms with van der Waals surface area (Å²) in [5.74, 6) is -0.182. The zero-order valence-corrected chi connectivity index (χ0v) is 17.7. The Morgan fingerprint density at radius 1 is 1.19 bits per heavy atom. The number of nitrogens with one attached hydrogen (secondary N) is 1. The highest BCUT2D eigenvalue weighted by molar-refractivity contribution is 7.18. The molecule has 31 heavy (non-hydrogen) atoms. The molecule has 0 unspecified atom stereocenters. The van der Waals surface area contributed by atoms with Crippen LogP contribution in [0.15, 0.2) is 35.4 Å². The van der Waals surface area contributed by atoms with Crippen molar-refractivity contribution in [3.63, 3.8) is 0 Å². The third-order valence-electron chi connectivity index (χ3n) is 5.39. The maximum atomic E-state index is 13.0. The highest BCUT2D eigenvalue weighted by Crippen LogP contribution is 2.32. The third kappa shape index (κ3) is 5.10. The van der Waals surface area contributed by atoms with Crippen molar-refractivity contribution in [1.29, 1.82) is 0 Å². The number of carbonyl (C=O) groups is 1. The van der Waals surface area contributed by atoms with Crippen molar-refractivity contribution in [3.8, 4) is 5.75 Å². The van der Waals surface area contributed by atoms with Gasteiger partial charge < -0.3 is 10.1 Å². The molecule has 0 aliphatic heterocycles. The first-order chi connectivity index (χ1) is 15.0. The van der Waals surface area contributed by atoms with Crippen LogP contribution in [0.1, 0.15) is 35.3 Å². The van der Waals surface area contributed by atoms with Crippen LogP contribution < -0.4 is 15.6 Å². The summed E-state index contributed by atoms with van der Waals surface area (Å²) in [7, 11) is 0. The molecular weight excluding hydrogens is 424 g/mol. The predicted octanol–water partition coefficient (Wildman–Crippen LogP) is 3.69. The van der Waals surface area contributed by atoms with Crippen molar-refractivity contribution < 1.29 is 18.3 Å². The number of alkyl halides is 2. The fraction of sp³-hybridized carbons (Fsp3) is 0.409. The van der Waals surface area contributed by atoms with E-state index in [2.05, 4.69) is 15.0 Å². The highest BCUT2D eigenvalue weighted by Gasteiger charge is 2.19. The standard InChI is InChI=1S/C22H23F2N3O3S/c23-22(24)30-15-8-6-14(7-9-15)10-11-25-18(28)12-27-13-26-20-19(21(27)29)16-4-2-1-3-5-17(16)31-20/h6-9,13,22H,1-5,10-12H2,(H,25,28). The van der Waals surface area contributed by atoms with E-state index >= 15 is 0 Å². The lowest BCUT2D eigenvalue weighted by molar-refractivity contribution is -0.121. The molecule has 9 heteroatoms. The van der Waals surface area contributed by atoms with Crippen molar-refractivity contribution in [2.24, 2.45) is 0 Å². The molecular formula is C22H23F2N3O3S. The van der Waals surface area contributed by atoms with Gasteiger partial charge >= 0.3 is 6.61 Å². The third-order valence-corrected chi connectivity index (χ3v) is 6.59. The smallest absolute Gasteiger partial charge is 0.387 e. The number of halogens is 2. The molecule has 1 aliphatic carbocycles. The SMILES string of the molecule is O=C(Cn1cnc2sc3c(c2c1=O)CCCCC3)NCCc1ccc(OC(F)F)cc1. The first-order valence-corrected chi connectivity index (χ1v) is 11.1. The van der Waals surface area contributed by atoms with Crippen LogP contribution in [0.5, 0.6) is 5.75 Å². The Labute approximate surface area is 181 Å². The van der Waals surface area contributed by atoms with Crippen molar-refractivity contribution >= 4 is 27.5 Å². The molecule has 1 aromatic carbocycles. The number of hydrogen-bond acceptors (Lipinski definition) is 5. The van der Waals surface area contributed by atoms with E-state index < -0.39 is 6.61 Å². The van der Waals surface area contributed by atoms with Crippen LogP contribution in [0.4, 0.5) is 8.78 Å². The fourth-order valence-corrected chi connectivity index (χ4v) is 5.08. The Bertz CT molecular complexity index is 1130. The van der Waals surface area contributed by atoms with E-state index in [9.17, 15) is 18.4 Å². The molecule has 0 atom stereocenters. The summed E-state index contributed by atoms with van der Waals surface area (Å²) in [5, 5.41) is 3.46. The number of hydrogen-bond donors (Lipinski definition) is 1. The predicted molar refractivity (Wildman–Crippen MR) is 115 cm³/mol. The number of benzene rings is 1. The van der Waals surface area contributed by atoms with Gasteiger partial charge in [-0.1, -0.05) is 18.6 Å². The van der Waals surface area contributed by atoms with Gasteiger partial charge in [0.2, 0.25) is 5.91 Å². The minimum Gasteiger partial charge on any atom is -0.435 e. The second-order valence-corrected chi connectivity index (χ2v) is 8.63. The maximum absolute atomic E-state index is 13.0. The van der Waals surface area contributed by atoms with Gasteiger partial charge in [0.25, 0.3) is 5.56 Å². The Morgan fingerprint density at radius 3 is 2.74 bits per heavy atom. The molecule has 0 bridgehead atoms. The van der Waals surface area contributed by atoms with Crippen LogP contribution in [-0.4, -0.2) is 28.6 Å². The molecule has 3 aromatic rings. The van der Waals surface area contributed by atoms with Crippen LogP contribution in [0.25, 0.3) is 10.2 Å². The van der Waals surface area contributed by atoms with E-state index in [0.29, 0.717) is 18.4 Å². The zero-order chi connectivity index (χ0) is 21.8. The normalized spacial score (nSPS) is 13.8. The largest absolute Gasteiger partial charge is 0.435 e. The van der Waals surface area contributed by atoms with Gasteiger partial charge in [0.1, 0.15) is 17.1 Å². The summed E-state index contributed by atoms with van der Waals surface area (Å²) < 4.78 is 30.1. The van der Waals surface area contributed by atoms with E-state index in [1.807, 2.05) is 0 Å². The topological polar surface area (TPSA) is 73.2 Å². The monoisotopic (exact) mass is 447 g/mol. The molecule has 0 radical (unpaired) electrons. The Morgan fingerprint density at radius 2 is 1.97 bits per heavy atom. The van der Waals surface area contributed by atoms with Crippen LogP contribution >= 0.6 is 11.3 Å². The quantitative estimate of drug-likeness (QED) is 0.561. The maximum Gasteiger partial charge on any atom is 0.387 e. The number of aryl methyl sites for hydroxylation is 2. The van der Waals surface area contributed by atoms with Gasteiger partial charge in [0, 0.05) is 11.4 Å². The van der Waals surface area contributed by atoms with E-state index in [1.54, 1.807) is 23.5 Å².